The van der Waals surface area contributed by atoms with E-state index in [1.807, 2.05) is 0 Å². The van der Waals surface area contributed by atoms with E-state index in [1.54, 1.807) is 0 Å². The van der Waals surface area contributed by atoms with Crippen LogP contribution >= 0.6 is 0 Å². The fraction of sp³-hybridized carbons (Fsp3) is 0.273. The molecule has 1 aromatic rings. The Morgan fingerprint density at radius 2 is 1.58 bits per heavy atom. The zero-order valence-electron chi connectivity index (χ0n) is 10.2. The van der Waals surface area contributed by atoms with Gasteiger partial charge in [-0.05, 0) is 6.07 Å². The van der Waals surface area contributed by atoms with Crippen molar-refractivity contribution in [1.82, 2.24) is 0 Å². The van der Waals surface area contributed by atoms with Crippen LogP contribution in [0.1, 0.15) is 25.7 Å². The van der Waals surface area contributed by atoms with Gasteiger partial charge in [-0.3, -0.25) is 14.1 Å². The van der Waals surface area contributed by atoms with Crippen LogP contribution in [0.3, 0.4) is 0 Å². The number of esters is 2. The Balaban J connectivity index is 3.29. The number of rotatable bonds is 4. The fourth-order valence-electron chi connectivity index (χ4n) is 1.36. The van der Waals surface area contributed by atoms with Crippen LogP contribution in [0.5, 0.6) is 0 Å². The molecular weight excluding hydrogens is 276 g/mol. The van der Waals surface area contributed by atoms with E-state index < -0.39 is 33.2 Å². The summed E-state index contributed by atoms with van der Waals surface area (Å²) in [6.45, 7) is 2.15. The minimum atomic E-state index is -4.53. The van der Waals surface area contributed by atoms with E-state index in [0.717, 1.165) is 19.9 Å². The minimum absolute atomic E-state index is 0.143. The summed E-state index contributed by atoms with van der Waals surface area (Å²) < 4.78 is 40.9. The first kappa shape index (κ1) is 15.1. The standard InChI is InChI=1S/C11H12O7S/c1-7(12)17-11(18-8(2)13)9-5-3-4-6-10(9)19(14,15)16/h3-6,11H,1-2H3,(H,14,15,16). The summed E-state index contributed by atoms with van der Waals surface area (Å²) in [5.74, 6) is -1.53. The summed E-state index contributed by atoms with van der Waals surface area (Å²) in [5.41, 5.74) is -0.143. The monoisotopic (exact) mass is 288 g/mol. The second-order valence-corrected chi connectivity index (χ2v) is 4.95. The van der Waals surface area contributed by atoms with Crippen LogP contribution in [0.25, 0.3) is 0 Å². The van der Waals surface area contributed by atoms with Crippen molar-refractivity contribution in [3.8, 4) is 0 Å². The molecule has 0 aliphatic carbocycles. The predicted octanol–water partition coefficient (Wildman–Crippen LogP) is 1.06. The molecule has 0 fully saturated rings. The van der Waals surface area contributed by atoms with E-state index in [1.165, 1.54) is 18.2 Å². The van der Waals surface area contributed by atoms with E-state index in [2.05, 4.69) is 0 Å². The summed E-state index contributed by atoms with van der Waals surface area (Å²) in [6.07, 6.45) is -1.53. The number of ether oxygens (including phenoxy) is 2. The Labute approximate surface area is 109 Å². The van der Waals surface area contributed by atoms with E-state index in [9.17, 15) is 18.0 Å². The van der Waals surface area contributed by atoms with Crippen molar-refractivity contribution in [3.63, 3.8) is 0 Å². The van der Waals surface area contributed by atoms with Gasteiger partial charge in [0.1, 0.15) is 4.90 Å². The minimum Gasteiger partial charge on any atom is -0.421 e. The number of carbonyl (C=O) groups is 2. The lowest BCUT2D eigenvalue weighted by atomic mass is 10.2. The lowest BCUT2D eigenvalue weighted by Crippen LogP contribution is -2.17. The summed E-state index contributed by atoms with van der Waals surface area (Å²) in [4.78, 5) is 21.4. The van der Waals surface area contributed by atoms with Crippen LogP contribution in [0.4, 0.5) is 0 Å². The maximum absolute atomic E-state index is 11.2. The third-order valence-electron chi connectivity index (χ3n) is 2.00. The summed E-state index contributed by atoms with van der Waals surface area (Å²) in [7, 11) is -4.53. The van der Waals surface area contributed by atoms with Gasteiger partial charge in [0.2, 0.25) is 0 Å². The average molecular weight is 288 g/mol. The van der Waals surface area contributed by atoms with Gasteiger partial charge < -0.3 is 9.47 Å². The summed E-state index contributed by atoms with van der Waals surface area (Å²) in [5, 5.41) is 0. The van der Waals surface area contributed by atoms with Crippen molar-refractivity contribution in [2.75, 3.05) is 0 Å². The molecule has 0 aliphatic heterocycles. The molecule has 0 atom stereocenters. The number of carbonyl (C=O) groups excluding carboxylic acids is 2. The van der Waals surface area contributed by atoms with Gasteiger partial charge in [-0.15, -0.1) is 0 Å². The van der Waals surface area contributed by atoms with Crippen molar-refractivity contribution in [1.29, 1.82) is 0 Å². The van der Waals surface area contributed by atoms with Gasteiger partial charge in [-0.25, -0.2) is 0 Å². The van der Waals surface area contributed by atoms with Gasteiger partial charge >= 0.3 is 11.9 Å². The maximum Gasteiger partial charge on any atom is 0.305 e. The highest BCUT2D eigenvalue weighted by Crippen LogP contribution is 2.26. The zero-order chi connectivity index (χ0) is 14.6. The number of hydrogen-bond donors (Lipinski definition) is 1. The highest BCUT2D eigenvalue weighted by atomic mass is 32.2. The van der Waals surface area contributed by atoms with E-state index in [-0.39, 0.29) is 5.56 Å². The first-order valence-electron chi connectivity index (χ1n) is 5.12. The Hall–Kier alpha value is -1.93. The van der Waals surface area contributed by atoms with Gasteiger partial charge in [0, 0.05) is 13.8 Å². The Kier molecular flexibility index (Phi) is 4.62. The molecular formula is C11H12O7S. The molecule has 1 N–H and O–H groups in total. The van der Waals surface area contributed by atoms with Crippen molar-refractivity contribution in [2.24, 2.45) is 0 Å². The first-order valence-corrected chi connectivity index (χ1v) is 6.56. The first-order chi connectivity index (χ1) is 8.71. The average Bonchev–Trinajstić information content (AvgIpc) is 2.25. The van der Waals surface area contributed by atoms with E-state index in [0.29, 0.717) is 0 Å². The molecule has 0 bridgehead atoms. The van der Waals surface area contributed by atoms with Crippen LogP contribution in [0.15, 0.2) is 29.2 Å². The van der Waals surface area contributed by atoms with Gasteiger partial charge in [-0.1, -0.05) is 18.2 Å². The molecule has 0 spiro atoms. The molecule has 0 aromatic heterocycles. The van der Waals surface area contributed by atoms with Crippen LogP contribution in [0, 0.1) is 0 Å². The normalized spacial score (nSPS) is 11.2. The smallest absolute Gasteiger partial charge is 0.305 e. The molecule has 0 aliphatic rings. The van der Waals surface area contributed by atoms with E-state index >= 15 is 0 Å². The van der Waals surface area contributed by atoms with Crippen molar-refractivity contribution < 1.29 is 32.0 Å². The van der Waals surface area contributed by atoms with Crippen molar-refractivity contribution in [3.05, 3.63) is 29.8 Å². The van der Waals surface area contributed by atoms with Crippen LogP contribution in [-0.4, -0.2) is 24.9 Å². The molecule has 0 amide bonds. The molecule has 7 nitrogen and oxygen atoms in total. The van der Waals surface area contributed by atoms with Gasteiger partial charge in [0.15, 0.2) is 0 Å². The third-order valence-corrected chi connectivity index (χ3v) is 2.92. The Morgan fingerprint density at radius 1 is 1.11 bits per heavy atom. The molecule has 0 saturated carbocycles. The molecule has 0 heterocycles. The van der Waals surface area contributed by atoms with Gasteiger partial charge in [0.05, 0.1) is 5.56 Å². The maximum atomic E-state index is 11.2. The molecule has 104 valence electrons. The molecule has 1 rings (SSSR count). The second-order valence-electron chi connectivity index (χ2n) is 3.56. The lowest BCUT2D eigenvalue weighted by Gasteiger charge is -2.18. The molecule has 0 radical (unpaired) electrons. The van der Waals surface area contributed by atoms with Crippen LogP contribution in [-0.2, 0) is 29.2 Å². The molecule has 19 heavy (non-hydrogen) atoms. The quantitative estimate of drug-likeness (QED) is 0.501. The highest BCUT2D eigenvalue weighted by Gasteiger charge is 2.26. The molecule has 1 aromatic carbocycles. The topological polar surface area (TPSA) is 107 Å². The highest BCUT2D eigenvalue weighted by molar-refractivity contribution is 7.85. The molecule has 0 unspecified atom stereocenters. The van der Waals surface area contributed by atoms with E-state index in [4.69, 9.17) is 14.0 Å². The number of benzene rings is 1. The van der Waals surface area contributed by atoms with Gasteiger partial charge in [0.25, 0.3) is 16.4 Å². The zero-order valence-corrected chi connectivity index (χ0v) is 11.0. The van der Waals surface area contributed by atoms with Crippen molar-refractivity contribution in [2.45, 2.75) is 25.0 Å². The van der Waals surface area contributed by atoms with Crippen molar-refractivity contribution >= 4 is 22.1 Å². The largest absolute Gasteiger partial charge is 0.421 e. The SMILES string of the molecule is CC(=O)OC(OC(C)=O)c1ccccc1S(=O)(=O)O. The number of hydrogen-bond acceptors (Lipinski definition) is 6. The lowest BCUT2D eigenvalue weighted by molar-refractivity contribution is -0.187. The summed E-state index contributed by atoms with van der Waals surface area (Å²) >= 11 is 0. The summed E-state index contributed by atoms with van der Waals surface area (Å²) in [6, 6.07) is 5.18. The second kappa shape index (κ2) is 5.81. The predicted molar refractivity (Wildman–Crippen MR) is 62.5 cm³/mol. The molecule has 8 heteroatoms. The van der Waals surface area contributed by atoms with Gasteiger partial charge in [-0.2, -0.15) is 8.42 Å². The van der Waals surface area contributed by atoms with Crippen LogP contribution in [0.2, 0.25) is 0 Å². The third kappa shape index (κ3) is 4.34. The molecule has 0 saturated heterocycles. The fourth-order valence-corrected chi connectivity index (χ4v) is 2.08. The Morgan fingerprint density at radius 3 is 2.00 bits per heavy atom. The van der Waals surface area contributed by atoms with Crippen LogP contribution < -0.4 is 0 Å². The Bertz CT molecular complexity index is 575.